The van der Waals surface area contributed by atoms with Crippen LogP contribution >= 0.6 is 0 Å². The fourth-order valence-electron chi connectivity index (χ4n) is 2.83. The number of nitrogens with zero attached hydrogens (tertiary/aromatic N) is 1. The maximum atomic E-state index is 12.2. The minimum atomic E-state index is -0.469. The fraction of sp³-hybridized carbons (Fsp3) is 0.500. The number of amides is 4. The van der Waals surface area contributed by atoms with Gasteiger partial charge in [0.15, 0.2) is 0 Å². The molecule has 0 aliphatic carbocycles. The summed E-state index contributed by atoms with van der Waals surface area (Å²) >= 11 is 0. The van der Waals surface area contributed by atoms with E-state index in [1.54, 1.807) is 24.3 Å². The predicted octanol–water partition coefficient (Wildman–Crippen LogP) is 1.32. The number of hydrogen-bond donors (Lipinski definition) is 3. The Morgan fingerprint density at radius 1 is 0.714 bits per heavy atom. The molecule has 0 atom stereocenters. The van der Waals surface area contributed by atoms with Gasteiger partial charge in [-0.2, -0.15) is 0 Å². The summed E-state index contributed by atoms with van der Waals surface area (Å²) in [5.41, 5.74) is 15.9. The monoisotopic (exact) mass is 390 g/mol. The molecule has 0 unspecified atom stereocenters. The second-order valence-corrected chi connectivity index (χ2v) is 6.79. The molecule has 154 valence electrons. The van der Waals surface area contributed by atoms with Gasteiger partial charge >= 0.3 is 0 Å². The molecule has 1 aliphatic heterocycles. The summed E-state index contributed by atoms with van der Waals surface area (Å²) in [6.45, 7) is 1.66. The average Bonchev–Trinajstić information content (AvgIpc) is 2.94. The van der Waals surface area contributed by atoms with Crippen molar-refractivity contribution in [2.75, 3.05) is 13.1 Å². The minimum absolute atomic E-state index is 0.0490. The number of benzene rings is 1. The van der Waals surface area contributed by atoms with Gasteiger partial charge in [0, 0.05) is 37.1 Å². The molecule has 6 N–H and O–H groups in total. The SMILES string of the molecule is NC(=O)CCCCC(N)=O.NC(=O)c1ccc(C(=O)N2CCCCCC2)cc1. The maximum absolute atomic E-state index is 12.2. The second kappa shape index (κ2) is 12.5. The lowest BCUT2D eigenvalue weighted by Gasteiger charge is -2.20. The molecular weight excluding hydrogens is 360 g/mol. The molecule has 0 bridgehead atoms. The molecule has 0 saturated carbocycles. The highest BCUT2D eigenvalue weighted by atomic mass is 16.2. The largest absolute Gasteiger partial charge is 0.370 e. The highest BCUT2D eigenvalue weighted by molar-refractivity contribution is 5.97. The van der Waals surface area contributed by atoms with E-state index in [1.165, 1.54) is 12.8 Å². The van der Waals surface area contributed by atoms with Crippen molar-refractivity contribution in [3.05, 3.63) is 35.4 Å². The van der Waals surface area contributed by atoms with Crippen molar-refractivity contribution >= 4 is 23.6 Å². The Balaban J connectivity index is 0.000000336. The van der Waals surface area contributed by atoms with Crippen LogP contribution in [0.15, 0.2) is 24.3 Å². The molecule has 1 saturated heterocycles. The van der Waals surface area contributed by atoms with Crippen molar-refractivity contribution in [3.8, 4) is 0 Å². The van der Waals surface area contributed by atoms with Gasteiger partial charge in [-0.3, -0.25) is 19.2 Å². The summed E-state index contributed by atoms with van der Waals surface area (Å²) in [6.07, 6.45) is 6.53. The molecule has 1 aliphatic rings. The maximum Gasteiger partial charge on any atom is 0.253 e. The Morgan fingerprint density at radius 2 is 1.14 bits per heavy atom. The quantitative estimate of drug-likeness (QED) is 0.602. The highest BCUT2D eigenvalue weighted by Gasteiger charge is 2.17. The van der Waals surface area contributed by atoms with Gasteiger partial charge in [-0.05, 0) is 49.9 Å². The second-order valence-electron chi connectivity index (χ2n) is 6.79. The van der Waals surface area contributed by atoms with Crippen LogP contribution in [0.25, 0.3) is 0 Å². The lowest BCUT2D eigenvalue weighted by atomic mass is 10.1. The van der Waals surface area contributed by atoms with Crippen LogP contribution in [-0.2, 0) is 9.59 Å². The Labute approximate surface area is 165 Å². The van der Waals surface area contributed by atoms with Gasteiger partial charge < -0.3 is 22.1 Å². The van der Waals surface area contributed by atoms with Crippen molar-refractivity contribution in [1.82, 2.24) is 4.90 Å². The van der Waals surface area contributed by atoms with Gasteiger partial charge in [-0.1, -0.05) is 12.8 Å². The number of carbonyl (C=O) groups is 4. The van der Waals surface area contributed by atoms with Gasteiger partial charge in [0.2, 0.25) is 17.7 Å². The zero-order chi connectivity index (χ0) is 20.9. The summed E-state index contributed by atoms with van der Waals surface area (Å²) in [4.78, 5) is 45.4. The van der Waals surface area contributed by atoms with Crippen LogP contribution in [0.5, 0.6) is 0 Å². The van der Waals surface area contributed by atoms with E-state index in [2.05, 4.69) is 0 Å². The van der Waals surface area contributed by atoms with E-state index in [1.807, 2.05) is 4.90 Å². The lowest BCUT2D eigenvalue weighted by Crippen LogP contribution is -2.31. The van der Waals surface area contributed by atoms with E-state index in [-0.39, 0.29) is 17.7 Å². The summed E-state index contributed by atoms with van der Waals surface area (Å²) in [7, 11) is 0. The third kappa shape index (κ3) is 9.16. The molecule has 0 radical (unpaired) electrons. The molecule has 8 nitrogen and oxygen atoms in total. The minimum Gasteiger partial charge on any atom is -0.370 e. The molecular formula is C20H30N4O4. The van der Waals surface area contributed by atoms with E-state index in [0.29, 0.717) is 36.8 Å². The van der Waals surface area contributed by atoms with Crippen LogP contribution in [0.4, 0.5) is 0 Å². The topological polar surface area (TPSA) is 150 Å². The lowest BCUT2D eigenvalue weighted by molar-refractivity contribution is -0.119. The zero-order valence-corrected chi connectivity index (χ0v) is 16.2. The summed E-state index contributed by atoms with van der Waals surface area (Å²) in [5.74, 6) is -1.08. The normalized spacial score (nSPS) is 13.6. The molecule has 8 heteroatoms. The molecule has 28 heavy (non-hydrogen) atoms. The number of unbranched alkanes of at least 4 members (excludes halogenated alkanes) is 1. The van der Waals surface area contributed by atoms with Gasteiger partial charge in [0.05, 0.1) is 0 Å². The van der Waals surface area contributed by atoms with E-state index in [4.69, 9.17) is 17.2 Å². The highest BCUT2D eigenvalue weighted by Crippen LogP contribution is 2.14. The Bertz CT molecular complexity index is 649. The van der Waals surface area contributed by atoms with Gasteiger partial charge in [0.25, 0.3) is 5.91 Å². The number of carbonyl (C=O) groups excluding carboxylic acids is 4. The molecule has 1 heterocycles. The Morgan fingerprint density at radius 3 is 1.54 bits per heavy atom. The molecule has 1 fully saturated rings. The summed E-state index contributed by atoms with van der Waals surface area (Å²) in [5, 5.41) is 0. The van der Waals surface area contributed by atoms with Gasteiger partial charge in [-0.15, -0.1) is 0 Å². The zero-order valence-electron chi connectivity index (χ0n) is 16.2. The van der Waals surface area contributed by atoms with Crippen molar-refractivity contribution < 1.29 is 19.2 Å². The fourth-order valence-corrected chi connectivity index (χ4v) is 2.83. The standard InChI is InChI=1S/C14H18N2O2.C6H12N2O2/c15-13(17)11-5-7-12(8-6-11)14(18)16-9-3-1-2-4-10-16;7-5(9)3-1-2-4-6(8)10/h5-8H,1-4,9-10H2,(H2,15,17);1-4H2,(H2,7,9)(H2,8,10). The van der Waals surface area contributed by atoms with Gasteiger partial charge in [-0.25, -0.2) is 0 Å². The van der Waals surface area contributed by atoms with Crippen LogP contribution in [0.2, 0.25) is 0 Å². The first-order valence-corrected chi connectivity index (χ1v) is 9.57. The van der Waals surface area contributed by atoms with Crippen LogP contribution in [-0.4, -0.2) is 41.6 Å². The van der Waals surface area contributed by atoms with E-state index < -0.39 is 5.91 Å². The molecule has 1 aromatic rings. The van der Waals surface area contributed by atoms with Crippen LogP contribution < -0.4 is 17.2 Å². The summed E-state index contributed by atoms with van der Waals surface area (Å²) < 4.78 is 0. The predicted molar refractivity (Wildman–Crippen MR) is 106 cm³/mol. The third-order valence-electron chi connectivity index (χ3n) is 4.41. The first-order valence-electron chi connectivity index (χ1n) is 9.57. The van der Waals surface area contributed by atoms with E-state index >= 15 is 0 Å². The number of nitrogens with two attached hydrogens (primary N) is 3. The van der Waals surface area contributed by atoms with Crippen molar-refractivity contribution in [2.45, 2.75) is 51.4 Å². The van der Waals surface area contributed by atoms with Crippen LogP contribution in [0.1, 0.15) is 72.1 Å². The molecule has 1 aromatic carbocycles. The number of rotatable bonds is 7. The van der Waals surface area contributed by atoms with Crippen molar-refractivity contribution in [1.29, 1.82) is 0 Å². The first kappa shape index (κ1) is 23.1. The first-order chi connectivity index (χ1) is 13.3. The average molecular weight is 390 g/mol. The molecule has 0 spiro atoms. The van der Waals surface area contributed by atoms with Crippen molar-refractivity contribution in [3.63, 3.8) is 0 Å². The van der Waals surface area contributed by atoms with E-state index in [0.717, 1.165) is 25.9 Å². The van der Waals surface area contributed by atoms with Gasteiger partial charge in [0.1, 0.15) is 0 Å². The molecule has 4 amide bonds. The van der Waals surface area contributed by atoms with E-state index in [9.17, 15) is 19.2 Å². The Hall–Kier alpha value is -2.90. The third-order valence-corrected chi connectivity index (χ3v) is 4.41. The number of likely N-dealkylation sites (tertiary alicyclic amines) is 1. The molecule has 2 rings (SSSR count). The smallest absolute Gasteiger partial charge is 0.253 e. The number of primary amides is 3. The number of hydrogen-bond acceptors (Lipinski definition) is 4. The summed E-state index contributed by atoms with van der Waals surface area (Å²) in [6, 6.07) is 6.56. The van der Waals surface area contributed by atoms with Crippen LogP contribution in [0.3, 0.4) is 0 Å². The van der Waals surface area contributed by atoms with Crippen LogP contribution in [0, 0.1) is 0 Å². The Kier molecular flexibility index (Phi) is 10.3. The van der Waals surface area contributed by atoms with Crippen molar-refractivity contribution in [2.24, 2.45) is 17.2 Å². The molecule has 0 aromatic heterocycles.